The Morgan fingerprint density at radius 2 is 1.28 bits per heavy atom. The molecule has 0 aliphatic heterocycles. The minimum atomic E-state index is 0.0725. The molecule has 0 fully saturated rings. The van der Waals surface area contributed by atoms with Crippen molar-refractivity contribution in [3.05, 3.63) is 171 Å². The number of benzene rings is 5. The lowest BCUT2D eigenvalue weighted by Crippen LogP contribution is -2.22. The Hall–Kier alpha value is -5.67. The summed E-state index contributed by atoms with van der Waals surface area (Å²) in [5.74, 6) is 1.76. The minimum Gasteiger partial charge on any atom is -0.497 e. The van der Waals surface area contributed by atoms with Crippen molar-refractivity contribution in [2.75, 3.05) is 14.2 Å². The Morgan fingerprint density at radius 1 is 0.681 bits per heavy atom. The van der Waals surface area contributed by atoms with Crippen LogP contribution in [0.1, 0.15) is 49.7 Å². The van der Waals surface area contributed by atoms with Crippen LogP contribution in [0.4, 0.5) is 0 Å². The summed E-state index contributed by atoms with van der Waals surface area (Å²) < 4.78 is 11.0. The van der Waals surface area contributed by atoms with E-state index < -0.39 is 0 Å². The zero-order valence-corrected chi connectivity index (χ0v) is 26.7. The van der Waals surface area contributed by atoms with Gasteiger partial charge in [0.25, 0.3) is 0 Å². The maximum Gasteiger partial charge on any atom is 0.150 e. The van der Waals surface area contributed by atoms with Gasteiger partial charge in [0.2, 0.25) is 0 Å². The van der Waals surface area contributed by atoms with E-state index in [4.69, 9.17) is 9.47 Å². The van der Waals surface area contributed by atoms with Gasteiger partial charge in [-0.25, -0.2) is 0 Å². The topological polar surface area (TPSA) is 35.5 Å². The number of hydrogen-bond acceptors (Lipinski definition) is 3. The molecule has 47 heavy (non-hydrogen) atoms. The lowest BCUT2D eigenvalue weighted by molar-refractivity contribution is 0.112. The number of carbonyl (C=O) groups excluding carboxylic acids is 1. The van der Waals surface area contributed by atoms with Crippen molar-refractivity contribution in [2.45, 2.75) is 19.3 Å². The molecule has 1 atom stereocenters. The van der Waals surface area contributed by atoms with E-state index in [-0.39, 0.29) is 5.92 Å². The first-order valence-electron chi connectivity index (χ1n) is 16.0. The van der Waals surface area contributed by atoms with E-state index in [2.05, 4.69) is 98.0 Å². The summed E-state index contributed by atoms with van der Waals surface area (Å²) in [5, 5.41) is 0. The average Bonchev–Trinajstić information content (AvgIpc) is 3.14. The number of aldehydes is 1. The Morgan fingerprint density at radius 3 is 1.91 bits per heavy atom. The fourth-order valence-corrected chi connectivity index (χ4v) is 7.40. The fourth-order valence-electron chi connectivity index (χ4n) is 7.40. The van der Waals surface area contributed by atoms with Crippen molar-refractivity contribution >= 4 is 23.5 Å². The highest BCUT2D eigenvalue weighted by molar-refractivity contribution is 6.01. The molecule has 0 radical (unpaired) electrons. The number of ether oxygens (including phenoxy) is 2. The molecule has 3 aliphatic rings. The molecule has 3 nitrogen and oxygen atoms in total. The molecule has 0 saturated heterocycles. The summed E-state index contributed by atoms with van der Waals surface area (Å²) in [6.07, 6.45) is 11.2. The summed E-state index contributed by atoms with van der Waals surface area (Å²) >= 11 is 0. The van der Waals surface area contributed by atoms with Gasteiger partial charge in [-0.3, -0.25) is 4.79 Å². The third-order valence-electron chi connectivity index (χ3n) is 9.82. The van der Waals surface area contributed by atoms with Crippen molar-refractivity contribution in [1.29, 1.82) is 0 Å². The van der Waals surface area contributed by atoms with Crippen LogP contribution in [0.25, 0.3) is 39.5 Å². The standard InChI is InChI=1S/C44H34O3/c1-27-4-8-29(9-5-27)39-24-41(31-12-16-33(46-2)17-13-31)37-22-23-38-42(32-14-18-34(47-3)19-15-32)25-40(30-10-6-28(26-45)7-11-30)36-21-20-35(39)43(37)44(36)38/h4-22,24-26,43H,23H2,1-3H3. The maximum atomic E-state index is 11.5. The summed E-state index contributed by atoms with van der Waals surface area (Å²) in [7, 11) is 3.41. The van der Waals surface area contributed by atoms with Gasteiger partial charge in [-0.15, -0.1) is 0 Å². The van der Waals surface area contributed by atoms with Gasteiger partial charge in [0.15, 0.2) is 0 Å². The largest absolute Gasteiger partial charge is 0.497 e. The lowest BCUT2D eigenvalue weighted by atomic mass is 9.64. The normalized spacial score (nSPS) is 15.9. The molecule has 3 aliphatic carbocycles. The molecule has 0 bridgehead atoms. The Kier molecular flexibility index (Phi) is 7.10. The van der Waals surface area contributed by atoms with Crippen molar-refractivity contribution < 1.29 is 14.3 Å². The van der Waals surface area contributed by atoms with Gasteiger partial charge < -0.3 is 9.47 Å². The zero-order chi connectivity index (χ0) is 32.1. The molecule has 0 heterocycles. The van der Waals surface area contributed by atoms with Crippen LogP contribution in [0.15, 0.2) is 133 Å². The molecule has 1 unspecified atom stereocenters. The number of carbonyl (C=O) groups is 1. The Labute approximate surface area is 275 Å². The predicted molar refractivity (Wildman–Crippen MR) is 192 cm³/mol. The van der Waals surface area contributed by atoms with Gasteiger partial charge in [0, 0.05) is 11.5 Å². The van der Waals surface area contributed by atoms with E-state index in [1.165, 1.54) is 66.8 Å². The molecular weight excluding hydrogens is 576 g/mol. The molecule has 5 aromatic rings. The number of hydrogen-bond donors (Lipinski definition) is 0. The summed E-state index contributed by atoms with van der Waals surface area (Å²) in [6.45, 7) is 2.13. The fraction of sp³-hybridized carbons (Fsp3) is 0.114. The van der Waals surface area contributed by atoms with Gasteiger partial charge in [0.05, 0.1) is 14.2 Å². The minimum absolute atomic E-state index is 0.0725. The molecule has 0 spiro atoms. The van der Waals surface area contributed by atoms with Crippen molar-refractivity contribution in [3.8, 4) is 33.8 Å². The number of aryl methyl sites for hydroxylation is 1. The van der Waals surface area contributed by atoms with E-state index in [0.717, 1.165) is 35.3 Å². The molecule has 0 saturated carbocycles. The van der Waals surface area contributed by atoms with Crippen LogP contribution in [0.2, 0.25) is 0 Å². The SMILES string of the molecule is COc1ccc(C2=CC(c3ccc(C)cc3)=C3C=Cc4c(-c5ccc(C=O)cc5)cc(-c5ccc(OC)cc5)c5c4C3C2=CC5)cc1. The molecule has 228 valence electrons. The van der Waals surface area contributed by atoms with E-state index in [1.807, 2.05) is 36.4 Å². The molecule has 3 heteroatoms. The number of allylic oxidation sites excluding steroid dienone is 7. The highest BCUT2D eigenvalue weighted by Gasteiger charge is 2.38. The molecule has 0 N–H and O–H groups in total. The average molecular weight is 611 g/mol. The van der Waals surface area contributed by atoms with Gasteiger partial charge >= 0.3 is 0 Å². The first kappa shape index (κ1) is 28.8. The van der Waals surface area contributed by atoms with Crippen LogP contribution in [0.3, 0.4) is 0 Å². The summed E-state index contributed by atoms with van der Waals surface area (Å²) in [4.78, 5) is 11.5. The maximum absolute atomic E-state index is 11.5. The van der Waals surface area contributed by atoms with Gasteiger partial charge in [-0.1, -0.05) is 96.6 Å². The van der Waals surface area contributed by atoms with Gasteiger partial charge in [-0.2, -0.15) is 0 Å². The quantitative estimate of drug-likeness (QED) is 0.172. The second-order valence-corrected chi connectivity index (χ2v) is 12.4. The second kappa shape index (κ2) is 11.6. The summed E-state index contributed by atoms with van der Waals surface area (Å²) in [5.41, 5.74) is 18.1. The monoisotopic (exact) mass is 610 g/mol. The Balaban J connectivity index is 1.41. The van der Waals surface area contributed by atoms with Crippen molar-refractivity contribution in [1.82, 2.24) is 0 Å². The van der Waals surface area contributed by atoms with E-state index >= 15 is 0 Å². The number of methoxy groups -OCH3 is 2. The van der Waals surface area contributed by atoms with Crippen molar-refractivity contribution in [3.63, 3.8) is 0 Å². The van der Waals surface area contributed by atoms with Crippen LogP contribution in [-0.4, -0.2) is 20.5 Å². The summed E-state index contributed by atoms with van der Waals surface area (Å²) in [6, 6.07) is 36.0. The van der Waals surface area contributed by atoms with Crippen LogP contribution >= 0.6 is 0 Å². The molecular formula is C44H34O3. The van der Waals surface area contributed by atoms with Crippen LogP contribution < -0.4 is 9.47 Å². The molecule has 5 aromatic carbocycles. The van der Waals surface area contributed by atoms with Crippen LogP contribution in [0, 0.1) is 6.92 Å². The lowest BCUT2D eigenvalue weighted by Gasteiger charge is -2.39. The van der Waals surface area contributed by atoms with Crippen LogP contribution in [0.5, 0.6) is 11.5 Å². The molecule has 8 rings (SSSR count). The predicted octanol–water partition coefficient (Wildman–Crippen LogP) is 10.3. The van der Waals surface area contributed by atoms with E-state index in [1.54, 1.807) is 14.2 Å². The second-order valence-electron chi connectivity index (χ2n) is 12.4. The first-order valence-corrected chi connectivity index (χ1v) is 16.0. The smallest absolute Gasteiger partial charge is 0.150 e. The van der Waals surface area contributed by atoms with E-state index in [9.17, 15) is 4.79 Å². The Bertz CT molecular complexity index is 2160. The van der Waals surface area contributed by atoms with Crippen LogP contribution in [-0.2, 0) is 6.42 Å². The number of rotatable bonds is 7. The molecule has 0 aromatic heterocycles. The van der Waals surface area contributed by atoms with Gasteiger partial charge in [-0.05, 0) is 122 Å². The van der Waals surface area contributed by atoms with Gasteiger partial charge in [0.1, 0.15) is 17.8 Å². The first-order chi connectivity index (χ1) is 23.1. The third-order valence-corrected chi connectivity index (χ3v) is 9.82. The zero-order valence-electron chi connectivity index (χ0n) is 26.7. The van der Waals surface area contributed by atoms with Crippen molar-refractivity contribution in [2.24, 2.45) is 0 Å². The molecule has 0 amide bonds. The third kappa shape index (κ3) is 4.87. The highest BCUT2D eigenvalue weighted by Crippen LogP contribution is 2.56. The van der Waals surface area contributed by atoms with E-state index in [0.29, 0.717) is 5.56 Å². The highest BCUT2D eigenvalue weighted by atomic mass is 16.5.